The summed E-state index contributed by atoms with van der Waals surface area (Å²) in [5, 5.41) is 24.7. The van der Waals surface area contributed by atoms with Crippen LogP contribution in [0.3, 0.4) is 0 Å². The monoisotopic (exact) mass is 522 g/mol. The fourth-order valence-corrected chi connectivity index (χ4v) is 4.86. The Morgan fingerprint density at radius 3 is 2.54 bits per heavy atom. The van der Waals surface area contributed by atoms with Crippen LogP contribution in [0.5, 0.6) is 17.2 Å². The third kappa shape index (κ3) is 5.41. The largest absolute Gasteiger partial charge is 0.494 e. The molecule has 2 aromatic carbocycles. The van der Waals surface area contributed by atoms with Crippen molar-refractivity contribution in [2.45, 2.75) is 13.2 Å². The number of hydrogen-bond donors (Lipinski definition) is 3. The molecule has 0 saturated carbocycles. The van der Waals surface area contributed by atoms with Crippen LogP contribution in [0.2, 0.25) is 0 Å². The molecule has 3 N–H and O–H groups in total. The molecule has 1 atom stereocenters. The number of aromatic nitrogens is 1. The van der Waals surface area contributed by atoms with E-state index < -0.39 is 17.9 Å². The van der Waals surface area contributed by atoms with E-state index >= 15 is 0 Å². The molecule has 192 valence electrons. The Bertz CT molecular complexity index is 1450. The number of thiophene rings is 1. The van der Waals surface area contributed by atoms with Gasteiger partial charge in [-0.1, -0.05) is 18.2 Å². The summed E-state index contributed by atoms with van der Waals surface area (Å²) in [7, 11) is 2.93. The molecule has 10 heteroatoms. The standard InChI is InChI=1S/C27H26N2O7S/c1-15-5-4-6-17-18(14-37-25(15)17)23-21(34-2)10-8-19(28-23)24(31)27(33)29-26(32)16-7-9-20(36-12-11-30)22(13-16)35-3/h4-10,13-14,27,30,33H,11-12H2,1-3H3,(H,29,32). The Hall–Kier alpha value is -3.99. The van der Waals surface area contributed by atoms with E-state index in [1.54, 1.807) is 17.4 Å². The lowest BCUT2D eigenvalue weighted by Gasteiger charge is -2.15. The predicted molar refractivity (Wildman–Crippen MR) is 140 cm³/mol. The van der Waals surface area contributed by atoms with Gasteiger partial charge in [0.05, 0.1) is 20.8 Å². The van der Waals surface area contributed by atoms with Gasteiger partial charge in [0.1, 0.15) is 23.7 Å². The van der Waals surface area contributed by atoms with E-state index in [0.717, 1.165) is 21.2 Å². The number of carbonyl (C=O) groups excluding carboxylic acids is 2. The van der Waals surface area contributed by atoms with E-state index in [2.05, 4.69) is 10.3 Å². The van der Waals surface area contributed by atoms with Crippen molar-refractivity contribution in [3.8, 4) is 28.5 Å². The van der Waals surface area contributed by atoms with Crippen molar-refractivity contribution in [1.29, 1.82) is 0 Å². The molecule has 0 fully saturated rings. The van der Waals surface area contributed by atoms with Crippen LogP contribution >= 0.6 is 11.3 Å². The van der Waals surface area contributed by atoms with Gasteiger partial charge < -0.3 is 29.7 Å². The lowest BCUT2D eigenvalue weighted by molar-refractivity contribution is 0.0603. The van der Waals surface area contributed by atoms with E-state index in [1.807, 2.05) is 30.5 Å². The number of amides is 1. The molecule has 0 radical (unpaired) electrons. The minimum Gasteiger partial charge on any atom is -0.494 e. The number of aliphatic hydroxyl groups excluding tert-OH is 2. The predicted octanol–water partition coefficient (Wildman–Crippen LogP) is 3.59. The Kier molecular flexibility index (Phi) is 8.02. The van der Waals surface area contributed by atoms with Crippen LogP contribution in [0.1, 0.15) is 26.4 Å². The van der Waals surface area contributed by atoms with Crippen LogP contribution in [0.15, 0.2) is 53.9 Å². The van der Waals surface area contributed by atoms with Gasteiger partial charge in [0.15, 0.2) is 17.7 Å². The van der Waals surface area contributed by atoms with Crippen molar-refractivity contribution < 1.29 is 34.0 Å². The van der Waals surface area contributed by atoms with E-state index in [-0.39, 0.29) is 30.2 Å². The molecule has 0 aliphatic carbocycles. The number of benzene rings is 2. The second kappa shape index (κ2) is 11.4. The highest BCUT2D eigenvalue weighted by Crippen LogP contribution is 2.38. The molecular formula is C27H26N2O7S. The third-order valence-corrected chi connectivity index (χ3v) is 6.80. The number of Topliss-reactive ketones (excluding diaryl/α,β-unsaturated/α-hetero) is 1. The number of rotatable bonds is 10. The fraction of sp³-hybridized carbons (Fsp3) is 0.222. The Morgan fingerprint density at radius 2 is 1.81 bits per heavy atom. The average Bonchev–Trinajstić information content (AvgIpc) is 3.36. The first kappa shape index (κ1) is 26.1. The summed E-state index contributed by atoms with van der Waals surface area (Å²) in [5.41, 5.74) is 2.52. The number of aliphatic hydroxyl groups is 2. The lowest BCUT2D eigenvalue weighted by atomic mass is 10.1. The minimum absolute atomic E-state index is 0.0269. The summed E-state index contributed by atoms with van der Waals surface area (Å²) in [6.07, 6.45) is -1.83. The van der Waals surface area contributed by atoms with Crippen molar-refractivity contribution in [3.63, 3.8) is 0 Å². The Morgan fingerprint density at radius 1 is 1.05 bits per heavy atom. The quantitative estimate of drug-likeness (QED) is 0.213. The first-order valence-corrected chi connectivity index (χ1v) is 12.2. The van der Waals surface area contributed by atoms with E-state index in [9.17, 15) is 14.7 Å². The van der Waals surface area contributed by atoms with Crippen molar-refractivity contribution in [3.05, 3.63) is 70.7 Å². The highest BCUT2D eigenvalue weighted by molar-refractivity contribution is 7.18. The number of aryl methyl sites for hydroxylation is 1. The van der Waals surface area contributed by atoms with Crippen LogP contribution in [0.25, 0.3) is 21.3 Å². The number of nitrogens with one attached hydrogen (secondary N) is 1. The maximum Gasteiger partial charge on any atom is 0.253 e. The van der Waals surface area contributed by atoms with Gasteiger partial charge in [-0.2, -0.15) is 0 Å². The van der Waals surface area contributed by atoms with Crippen LogP contribution in [-0.2, 0) is 0 Å². The van der Waals surface area contributed by atoms with Crippen molar-refractivity contribution in [1.82, 2.24) is 10.3 Å². The third-order valence-electron chi connectivity index (χ3n) is 5.67. The number of fused-ring (bicyclic) bond motifs is 1. The molecule has 0 aliphatic rings. The number of nitrogens with zero attached hydrogens (tertiary/aromatic N) is 1. The normalized spacial score (nSPS) is 11.7. The number of pyridine rings is 1. The van der Waals surface area contributed by atoms with Gasteiger partial charge in [-0.15, -0.1) is 11.3 Å². The summed E-state index contributed by atoms with van der Waals surface area (Å²) in [6.45, 7) is 1.91. The molecule has 4 rings (SSSR count). The number of ether oxygens (including phenoxy) is 3. The Labute approximate surface area is 217 Å². The van der Waals surface area contributed by atoms with Crippen LogP contribution in [0.4, 0.5) is 0 Å². The van der Waals surface area contributed by atoms with E-state index in [4.69, 9.17) is 19.3 Å². The lowest BCUT2D eigenvalue weighted by Crippen LogP contribution is -2.41. The molecule has 9 nitrogen and oxygen atoms in total. The summed E-state index contributed by atoms with van der Waals surface area (Å²) in [4.78, 5) is 30.2. The first-order chi connectivity index (χ1) is 17.9. The van der Waals surface area contributed by atoms with Crippen molar-refractivity contribution >= 4 is 33.1 Å². The van der Waals surface area contributed by atoms with Crippen LogP contribution in [0, 0.1) is 6.92 Å². The highest BCUT2D eigenvalue weighted by Gasteiger charge is 2.24. The molecule has 0 saturated heterocycles. The van der Waals surface area contributed by atoms with Gasteiger partial charge in [0.25, 0.3) is 5.91 Å². The summed E-state index contributed by atoms with van der Waals surface area (Å²) in [5.74, 6) is -0.381. The zero-order valence-corrected chi connectivity index (χ0v) is 21.3. The molecule has 0 bridgehead atoms. The average molecular weight is 523 g/mol. The zero-order valence-electron chi connectivity index (χ0n) is 20.5. The first-order valence-electron chi connectivity index (χ1n) is 11.3. The smallest absolute Gasteiger partial charge is 0.253 e. The molecular weight excluding hydrogens is 496 g/mol. The number of hydrogen-bond acceptors (Lipinski definition) is 9. The molecule has 1 amide bonds. The zero-order chi connectivity index (χ0) is 26.5. The van der Waals surface area contributed by atoms with Gasteiger partial charge in [-0.25, -0.2) is 4.98 Å². The molecule has 2 heterocycles. The summed E-state index contributed by atoms with van der Waals surface area (Å²) < 4.78 is 17.2. The molecule has 2 aromatic heterocycles. The number of ketones is 1. The van der Waals surface area contributed by atoms with Gasteiger partial charge in [0.2, 0.25) is 5.78 Å². The molecule has 0 aliphatic heterocycles. The van der Waals surface area contributed by atoms with Gasteiger partial charge in [-0.05, 0) is 42.8 Å². The van der Waals surface area contributed by atoms with E-state index in [1.165, 1.54) is 38.5 Å². The number of methoxy groups -OCH3 is 2. The molecule has 0 spiro atoms. The van der Waals surface area contributed by atoms with Gasteiger partial charge in [0, 0.05) is 26.6 Å². The van der Waals surface area contributed by atoms with Gasteiger partial charge >= 0.3 is 0 Å². The fourth-order valence-electron chi connectivity index (χ4n) is 3.82. The van der Waals surface area contributed by atoms with Crippen LogP contribution < -0.4 is 19.5 Å². The van der Waals surface area contributed by atoms with Crippen LogP contribution in [-0.4, -0.2) is 60.5 Å². The molecule has 4 aromatic rings. The Balaban J connectivity index is 1.57. The summed E-state index contributed by atoms with van der Waals surface area (Å²) >= 11 is 1.57. The van der Waals surface area contributed by atoms with Gasteiger partial charge in [-0.3, -0.25) is 9.59 Å². The van der Waals surface area contributed by atoms with Crippen molar-refractivity contribution in [2.24, 2.45) is 0 Å². The maximum absolute atomic E-state index is 13.0. The second-order valence-electron chi connectivity index (χ2n) is 8.03. The molecule has 1 unspecified atom stereocenters. The van der Waals surface area contributed by atoms with E-state index in [0.29, 0.717) is 17.2 Å². The number of carbonyl (C=O) groups is 2. The molecule has 37 heavy (non-hydrogen) atoms. The topological polar surface area (TPSA) is 127 Å². The summed E-state index contributed by atoms with van der Waals surface area (Å²) in [6, 6.07) is 13.4. The second-order valence-corrected chi connectivity index (χ2v) is 8.91. The highest BCUT2D eigenvalue weighted by atomic mass is 32.1. The van der Waals surface area contributed by atoms with Crippen molar-refractivity contribution in [2.75, 3.05) is 27.4 Å². The minimum atomic E-state index is -1.83. The SMILES string of the molecule is COc1cc(C(=O)NC(O)C(=O)c2ccc(OC)c(-c3csc4c(C)cccc34)n2)ccc1OCCO. The maximum atomic E-state index is 13.0.